The van der Waals surface area contributed by atoms with E-state index >= 15 is 0 Å². The second kappa shape index (κ2) is 9.80. The number of halogens is 2. The van der Waals surface area contributed by atoms with Crippen molar-refractivity contribution in [2.75, 3.05) is 0 Å². The molecule has 35 heavy (non-hydrogen) atoms. The second-order valence-corrected chi connectivity index (χ2v) is 10.2. The lowest BCUT2D eigenvalue weighted by atomic mass is 9.95. The molecule has 2 aromatic carbocycles. The fourth-order valence-corrected chi connectivity index (χ4v) is 4.02. The summed E-state index contributed by atoms with van der Waals surface area (Å²) in [6.07, 6.45) is 1.73. The molecule has 8 heteroatoms. The van der Waals surface area contributed by atoms with Crippen LogP contribution in [0.5, 0.6) is 5.88 Å². The van der Waals surface area contributed by atoms with Gasteiger partial charge in [-0.05, 0) is 37.6 Å². The molecular weight excluding hydrogens is 483 g/mol. The Morgan fingerprint density at radius 1 is 1.00 bits per heavy atom. The third-order valence-corrected chi connectivity index (χ3v) is 6.08. The van der Waals surface area contributed by atoms with Gasteiger partial charge in [0, 0.05) is 17.2 Å². The molecule has 0 N–H and O–H groups in total. The monoisotopic (exact) mass is 508 g/mol. The summed E-state index contributed by atoms with van der Waals surface area (Å²) < 4.78 is 7.18. The van der Waals surface area contributed by atoms with Gasteiger partial charge in [-0.2, -0.15) is 4.98 Å². The highest BCUT2D eigenvalue weighted by Crippen LogP contribution is 2.29. The van der Waals surface area contributed by atoms with Crippen molar-refractivity contribution in [1.82, 2.24) is 19.5 Å². The van der Waals surface area contributed by atoms with Gasteiger partial charge in [0.1, 0.15) is 18.3 Å². The summed E-state index contributed by atoms with van der Waals surface area (Å²) in [5.74, 6) is 1.21. The third-order valence-electron chi connectivity index (χ3n) is 5.43. The van der Waals surface area contributed by atoms with Crippen LogP contribution in [0.3, 0.4) is 0 Å². The maximum atomic E-state index is 13.3. The van der Waals surface area contributed by atoms with Gasteiger partial charge in [-0.1, -0.05) is 79.9 Å². The number of aryl methyl sites for hydroxylation is 2. The summed E-state index contributed by atoms with van der Waals surface area (Å²) in [5.41, 5.74) is 3.39. The Bertz CT molecular complexity index is 1460. The number of hydrogen-bond acceptors (Lipinski definition) is 5. The molecule has 2 aromatic heterocycles. The largest absolute Gasteiger partial charge is 0.472 e. The smallest absolute Gasteiger partial charge is 0.280 e. The average Bonchev–Trinajstić information content (AvgIpc) is 2.81. The van der Waals surface area contributed by atoms with E-state index in [1.807, 2.05) is 43.3 Å². The summed E-state index contributed by atoms with van der Waals surface area (Å²) in [6, 6.07) is 15.1. The van der Waals surface area contributed by atoms with Crippen LogP contribution in [0.4, 0.5) is 0 Å². The van der Waals surface area contributed by atoms with Crippen LogP contribution in [-0.4, -0.2) is 19.5 Å². The highest BCUT2D eigenvalue weighted by molar-refractivity contribution is 6.33. The lowest BCUT2D eigenvalue weighted by Crippen LogP contribution is -2.24. The van der Waals surface area contributed by atoms with E-state index in [-0.39, 0.29) is 22.9 Å². The molecule has 0 saturated heterocycles. The maximum absolute atomic E-state index is 13.3. The van der Waals surface area contributed by atoms with E-state index in [2.05, 4.69) is 30.7 Å². The van der Waals surface area contributed by atoms with Gasteiger partial charge >= 0.3 is 0 Å². The predicted octanol–water partition coefficient (Wildman–Crippen LogP) is 6.49. The minimum Gasteiger partial charge on any atom is -0.472 e. The molecule has 0 bridgehead atoms. The standard InChI is InChI=1S/C27H26Cl2N4O2/c1-16-7-6-8-18(13-16)15-35-24-23(29)25(34)33(17(2)31-24)22-14-19(9-10-20(22)28)21-11-12-30-26(32-21)27(3,4)5/h6-14H,15H2,1-5H3. The van der Waals surface area contributed by atoms with Gasteiger partial charge in [0.25, 0.3) is 5.56 Å². The average molecular weight is 509 g/mol. The normalized spacial score (nSPS) is 11.5. The number of ether oxygens (including phenoxy) is 1. The van der Waals surface area contributed by atoms with Gasteiger partial charge in [-0.3, -0.25) is 9.36 Å². The minimum absolute atomic E-state index is 0.0878. The molecule has 0 amide bonds. The fourth-order valence-electron chi connectivity index (χ4n) is 3.64. The van der Waals surface area contributed by atoms with E-state index < -0.39 is 5.56 Å². The number of aromatic nitrogens is 4. The van der Waals surface area contributed by atoms with Gasteiger partial charge in [-0.25, -0.2) is 9.97 Å². The Morgan fingerprint density at radius 2 is 1.77 bits per heavy atom. The molecule has 0 saturated carbocycles. The quantitative estimate of drug-likeness (QED) is 0.308. The molecule has 4 rings (SSSR count). The predicted molar refractivity (Wildman–Crippen MR) is 140 cm³/mol. The molecule has 180 valence electrons. The first kappa shape index (κ1) is 24.9. The summed E-state index contributed by atoms with van der Waals surface area (Å²) in [6.45, 7) is 10.1. The Kier molecular flexibility index (Phi) is 6.97. The summed E-state index contributed by atoms with van der Waals surface area (Å²) in [5, 5.41) is 0.275. The molecule has 6 nitrogen and oxygen atoms in total. The highest BCUT2D eigenvalue weighted by atomic mass is 35.5. The van der Waals surface area contributed by atoms with Gasteiger partial charge in [0.05, 0.1) is 16.4 Å². The fraction of sp³-hybridized carbons (Fsp3) is 0.259. The number of rotatable bonds is 5. The topological polar surface area (TPSA) is 69.9 Å². The molecule has 0 atom stereocenters. The van der Waals surface area contributed by atoms with E-state index in [9.17, 15) is 4.79 Å². The van der Waals surface area contributed by atoms with Crippen LogP contribution in [0.25, 0.3) is 16.9 Å². The Hall–Kier alpha value is -3.22. The Labute approximate surface area is 214 Å². The van der Waals surface area contributed by atoms with Crippen molar-refractivity contribution < 1.29 is 4.74 Å². The summed E-state index contributed by atoms with van der Waals surface area (Å²) in [7, 11) is 0. The maximum Gasteiger partial charge on any atom is 0.280 e. The first-order chi connectivity index (χ1) is 16.5. The molecular formula is C27H26Cl2N4O2. The zero-order chi connectivity index (χ0) is 25.3. The van der Waals surface area contributed by atoms with Crippen LogP contribution >= 0.6 is 23.2 Å². The molecule has 0 aliphatic rings. The van der Waals surface area contributed by atoms with Crippen LogP contribution in [-0.2, 0) is 12.0 Å². The van der Waals surface area contributed by atoms with Crippen molar-refractivity contribution in [3.63, 3.8) is 0 Å². The molecule has 0 fully saturated rings. The van der Waals surface area contributed by atoms with Gasteiger partial charge in [-0.15, -0.1) is 0 Å². The molecule has 0 aliphatic carbocycles. The zero-order valence-electron chi connectivity index (χ0n) is 20.3. The van der Waals surface area contributed by atoms with Crippen molar-refractivity contribution in [2.24, 2.45) is 0 Å². The second-order valence-electron chi connectivity index (χ2n) is 9.38. The van der Waals surface area contributed by atoms with Crippen LogP contribution < -0.4 is 10.3 Å². The van der Waals surface area contributed by atoms with Crippen LogP contribution in [0.2, 0.25) is 10.0 Å². The molecule has 4 aromatic rings. The number of hydrogen-bond donors (Lipinski definition) is 0. The van der Waals surface area contributed by atoms with Crippen LogP contribution in [0.15, 0.2) is 59.5 Å². The van der Waals surface area contributed by atoms with E-state index in [4.69, 9.17) is 32.9 Å². The third kappa shape index (κ3) is 5.39. The minimum atomic E-state index is -0.462. The van der Waals surface area contributed by atoms with Crippen LogP contribution in [0, 0.1) is 13.8 Å². The van der Waals surface area contributed by atoms with Gasteiger partial charge < -0.3 is 4.74 Å². The lowest BCUT2D eigenvalue weighted by molar-refractivity contribution is 0.291. The molecule has 0 spiro atoms. The molecule has 0 unspecified atom stereocenters. The van der Waals surface area contributed by atoms with Crippen molar-refractivity contribution in [3.8, 4) is 22.8 Å². The molecule has 0 aliphatic heterocycles. The van der Waals surface area contributed by atoms with Crippen molar-refractivity contribution in [1.29, 1.82) is 0 Å². The van der Waals surface area contributed by atoms with Crippen LogP contribution in [0.1, 0.15) is 43.5 Å². The van der Waals surface area contributed by atoms with Crippen molar-refractivity contribution in [3.05, 3.63) is 97.9 Å². The van der Waals surface area contributed by atoms with Gasteiger partial charge in [0.15, 0.2) is 5.02 Å². The highest BCUT2D eigenvalue weighted by Gasteiger charge is 2.20. The van der Waals surface area contributed by atoms with Gasteiger partial charge in [0.2, 0.25) is 5.88 Å². The van der Waals surface area contributed by atoms with E-state index in [1.165, 1.54) is 4.57 Å². The van der Waals surface area contributed by atoms with E-state index in [1.54, 1.807) is 25.3 Å². The SMILES string of the molecule is Cc1cccc(COc2nc(C)n(-c3cc(-c4ccnc(C(C)(C)C)n4)ccc3Cl)c(=O)c2Cl)c1. The summed E-state index contributed by atoms with van der Waals surface area (Å²) in [4.78, 5) is 26.9. The lowest BCUT2D eigenvalue weighted by Gasteiger charge is -2.18. The Balaban J connectivity index is 1.72. The first-order valence-electron chi connectivity index (χ1n) is 11.2. The number of benzene rings is 2. The van der Waals surface area contributed by atoms with Crippen molar-refractivity contribution >= 4 is 23.2 Å². The molecule has 2 heterocycles. The summed E-state index contributed by atoms with van der Waals surface area (Å²) >= 11 is 12.9. The first-order valence-corrected chi connectivity index (χ1v) is 11.9. The zero-order valence-corrected chi connectivity index (χ0v) is 21.8. The van der Waals surface area contributed by atoms with E-state index in [0.717, 1.165) is 28.2 Å². The Morgan fingerprint density at radius 3 is 2.49 bits per heavy atom. The molecule has 0 radical (unpaired) electrons. The van der Waals surface area contributed by atoms with E-state index in [0.29, 0.717) is 16.5 Å². The van der Waals surface area contributed by atoms with Crippen molar-refractivity contribution in [2.45, 2.75) is 46.6 Å². The number of nitrogens with zero attached hydrogens (tertiary/aromatic N) is 4.